The Hall–Kier alpha value is -1.72. The lowest BCUT2D eigenvalue weighted by Gasteiger charge is -2.13. The third kappa shape index (κ3) is 2.84. The molecule has 0 saturated carbocycles. The second-order valence-corrected chi connectivity index (χ2v) is 5.94. The number of benzene rings is 1. The molecule has 0 bridgehead atoms. The normalized spacial score (nSPS) is 11.0. The van der Waals surface area contributed by atoms with E-state index in [0.29, 0.717) is 18.2 Å². The number of ether oxygens (including phenoxy) is 1. The van der Waals surface area contributed by atoms with Crippen LogP contribution in [-0.2, 0) is 6.54 Å². The van der Waals surface area contributed by atoms with Crippen LogP contribution in [0.25, 0.3) is 4.96 Å². The Labute approximate surface area is 132 Å². The summed E-state index contributed by atoms with van der Waals surface area (Å²) in [6.07, 6.45) is 2.04. The molecule has 0 aliphatic carbocycles. The topological polar surface area (TPSA) is 38.6 Å². The average Bonchev–Trinajstić information content (AvgIpc) is 3.00. The first-order valence-electron chi connectivity index (χ1n) is 6.76. The van der Waals surface area contributed by atoms with Crippen molar-refractivity contribution in [3.8, 4) is 5.75 Å². The van der Waals surface area contributed by atoms with Crippen LogP contribution in [0.4, 0.5) is 5.69 Å². The van der Waals surface area contributed by atoms with Crippen molar-refractivity contribution >= 4 is 33.6 Å². The SMILES string of the molecule is CCOc1ccc(Cl)cc1NCc1c(C)nc2sccn12. The molecule has 2 heterocycles. The van der Waals surface area contributed by atoms with Gasteiger partial charge in [-0.25, -0.2) is 4.98 Å². The fraction of sp³-hybridized carbons (Fsp3) is 0.267. The predicted octanol–water partition coefficient (Wildman–Crippen LogP) is 4.37. The average molecular weight is 322 g/mol. The number of fused-ring (bicyclic) bond motifs is 1. The molecule has 0 spiro atoms. The molecule has 0 atom stereocenters. The molecule has 0 aliphatic rings. The Morgan fingerprint density at radius 3 is 3.10 bits per heavy atom. The van der Waals surface area contributed by atoms with Crippen molar-refractivity contribution in [1.29, 1.82) is 0 Å². The summed E-state index contributed by atoms with van der Waals surface area (Å²) in [4.78, 5) is 5.56. The molecule has 0 saturated heterocycles. The van der Waals surface area contributed by atoms with Gasteiger partial charge in [0.15, 0.2) is 4.96 Å². The van der Waals surface area contributed by atoms with Crippen LogP contribution in [-0.4, -0.2) is 16.0 Å². The number of rotatable bonds is 5. The fourth-order valence-electron chi connectivity index (χ4n) is 2.25. The molecule has 0 unspecified atom stereocenters. The van der Waals surface area contributed by atoms with Gasteiger partial charge in [0.25, 0.3) is 0 Å². The maximum Gasteiger partial charge on any atom is 0.194 e. The summed E-state index contributed by atoms with van der Waals surface area (Å²) >= 11 is 7.71. The predicted molar refractivity (Wildman–Crippen MR) is 87.8 cm³/mol. The molecule has 0 fully saturated rings. The van der Waals surface area contributed by atoms with Crippen molar-refractivity contribution < 1.29 is 4.74 Å². The highest BCUT2D eigenvalue weighted by Crippen LogP contribution is 2.29. The maximum atomic E-state index is 6.08. The first kappa shape index (κ1) is 14.2. The van der Waals surface area contributed by atoms with Crippen molar-refractivity contribution in [1.82, 2.24) is 9.38 Å². The summed E-state index contributed by atoms with van der Waals surface area (Å²) in [5.74, 6) is 0.811. The van der Waals surface area contributed by atoms with E-state index in [4.69, 9.17) is 16.3 Å². The molecule has 110 valence electrons. The van der Waals surface area contributed by atoms with Crippen LogP contribution >= 0.6 is 22.9 Å². The number of hydrogen-bond acceptors (Lipinski definition) is 4. The van der Waals surface area contributed by atoms with Gasteiger partial charge in [-0.1, -0.05) is 11.6 Å². The van der Waals surface area contributed by atoms with Gasteiger partial charge in [-0.2, -0.15) is 0 Å². The van der Waals surface area contributed by atoms with Crippen LogP contribution in [0.1, 0.15) is 18.3 Å². The Morgan fingerprint density at radius 2 is 2.29 bits per heavy atom. The molecule has 3 rings (SSSR count). The van der Waals surface area contributed by atoms with E-state index in [-0.39, 0.29) is 0 Å². The summed E-state index contributed by atoms with van der Waals surface area (Å²) in [5.41, 5.74) is 3.08. The van der Waals surface area contributed by atoms with E-state index in [1.807, 2.05) is 43.6 Å². The number of imidazole rings is 1. The second-order valence-electron chi connectivity index (χ2n) is 4.63. The lowest BCUT2D eigenvalue weighted by Crippen LogP contribution is -2.05. The molecule has 2 aromatic heterocycles. The lowest BCUT2D eigenvalue weighted by atomic mass is 10.2. The number of aromatic nitrogens is 2. The number of hydrogen-bond donors (Lipinski definition) is 1. The monoisotopic (exact) mass is 321 g/mol. The first-order valence-corrected chi connectivity index (χ1v) is 8.02. The van der Waals surface area contributed by atoms with Crippen molar-refractivity contribution in [2.24, 2.45) is 0 Å². The minimum Gasteiger partial charge on any atom is -0.492 e. The van der Waals surface area contributed by atoms with Gasteiger partial charge in [-0.3, -0.25) is 4.40 Å². The molecule has 21 heavy (non-hydrogen) atoms. The van der Waals surface area contributed by atoms with E-state index >= 15 is 0 Å². The van der Waals surface area contributed by atoms with Crippen molar-refractivity contribution in [2.75, 3.05) is 11.9 Å². The highest BCUT2D eigenvalue weighted by atomic mass is 35.5. The van der Waals surface area contributed by atoms with E-state index in [1.165, 1.54) is 0 Å². The van der Waals surface area contributed by atoms with Crippen LogP contribution in [0, 0.1) is 6.92 Å². The van der Waals surface area contributed by atoms with E-state index in [9.17, 15) is 0 Å². The van der Waals surface area contributed by atoms with E-state index in [1.54, 1.807) is 11.3 Å². The highest BCUT2D eigenvalue weighted by Gasteiger charge is 2.11. The standard InChI is InChI=1S/C15H16ClN3OS/c1-3-20-14-5-4-11(16)8-12(14)17-9-13-10(2)18-15-19(13)6-7-21-15/h4-8,17H,3,9H2,1-2H3. The molecule has 0 aliphatic heterocycles. The molecule has 4 nitrogen and oxygen atoms in total. The quantitative estimate of drug-likeness (QED) is 0.758. The van der Waals surface area contributed by atoms with Crippen molar-refractivity contribution in [3.63, 3.8) is 0 Å². The minimum atomic E-state index is 0.622. The number of halogens is 1. The van der Waals surface area contributed by atoms with Crippen LogP contribution in [0.2, 0.25) is 5.02 Å². The van der Waals surface area contributed by atoms with E-state index < -0.39 is 0 Å². The largest absolute Gasteiger partial charge is 0.492 e. The Balaban J connectivity index is 1.85. The highest BCUT2D eigenvalue weighted by molar-refractivity contribution is 7.15. The Bertz CT molecular complexity index is 765. The van der Waals surface area contributed by atoms with Crippen molar-refractivity contribution in [3.05, 3.63) is 46.2 Å². The van der Waals surface area contributed by atoms with Crippen LogP contribution in [0.15, 0.2) is 29.8 Å². The fourth-order valence-corrected chi connectivity index (χ4v) is 3.21. The third-order valence-corrected chi connectivity index (χ3v) is 4.24. The van der Waals surface area contributed by atoms with Gasteiger partial charge in [0, 0.05) is 16.6 Å². The third-order valence-electron chi connectivity index (χ3n) is 3.25. The second kappa shape index (κ2) is 5.95. The van der Waals surface area contributed by atoms with Gasteiger partial charge >= 0.3 is 0 Å². The Morgan fingerprint density at radius 1 is 1.43 bits per heavy atom. The molecule has 3 aromatic rings. The minimum absolute atomic E-state index is 0.622. The van der Waals surface area contributed by atoms with Gasteiger partial charge in [0.1, 0.15) is 5.75 Å². The summed E-state index contributed by atoms with van der Waals surface area (Å²) in [5, 5.41) is 6.12. The summed E-state index contributed by atoms with van der Waals surface area (Å²) < 4.78 is 7.73. The van der Waals surface area contributed by atoms with Crippen LogP contribution < -0.4 is 10.1 Å². The smallest absolute Gasteiger partial charge is 0.194 e. The van der Waals surface area contributed by atoms with Gasteiger partial charge in [0.05, 0.1) is 30.2 Å². The molecule has 6 heteroatoms. The maximum absolute atomic E-state index is 6.08. The van der Waals surface area contributed by atoms with Crippen LogP contribution in [0.5, 0.6) is 5.75 Å². The van der Waals surface area contributed by atoms with Crippen molar-refractivity contribution in [2.45, 2.75) is 20.4 Å². The Kier molecular flexibility index (Phi) is 4.03. The zero-order valence-electron chi connectivity index (χ0n) is 11.9. The zero-order valence-corrected chi connectivity index (χ0v) is 13.5. The van der Waals surface area contributed by atoms with E-state index in [0.717, 1.165) is 27.8 Å². The lowest BCUT2D eigenvalue weighted by molar-refractivity contribution is 0.341. The van der Waals surface area contributed by atoms with Gasteiger partial charge in [-0.15, -0.1) is 11.3 Å². The van der Waals surface area contributed by atoms with Gasteiger partial charge < -0.3 is 10.1 Å². The number of thiazole rings is 1. The van der Waals surface area contributed by atoms with Crippen LogP contribution in [0.3, 0.4) is 0 Å². The summed E-state index contributed by atoms with van der Waals surface area (Å²) in [6, 6.07) is 5.60. The number of nitrogens with zero attached hydrogens (tertiary/aromatic N) is 2. The van der Waals surface area contributed by atoms with Gasteiger partial charge in [0.2, 0.25) is 0 Å². The summed E-state index contributed by atoms with van der Waals surface area (Å²) in [6.45, 7) is 5.29. The molecular formula is C15H16ClN3OS. The summed E-state index contributed by atoms with van der Waals surface area (Å²) in [7, 11) is 0. The number of aryl methyl sites for hydroxylation is 1. The molecule has 0 amide bonds. The molecule has 1 N–H and O–H groups in total. The van der Waals surface area contributed by atoms with E-state index in [2.05, 4.69) is 14.7 Å². The zero-order chi connectivity index (χ0) is 14.8. The molecule has 1 aromatic carbocycles. The molecular weight excluding hydrogens is 306 g/mol. The number of nitrogens with one attached hydrogen (secondary N) is 1. The van der Waals surface area contributed by atoms with Gasteiger partial charge in [-0.05, 0) is 32.0 Å². The number of anilines is 1. The molecule has 0 radical (unpaired) electrons. The first-order chi connectivity index (χ1) is 10.2.